The van der Waals surface area contributed by atoms with Crippen molar-refractivity contribution in [1.29, 1.82) is 0 Å². The molecule has 0 bridgehead atoms. The highest BCUT2D eigenvalue weighted by Gasteiger charge is 2.47. The summed E-state index contributed by atoms with van der Waals surface area (Å²) in [5, 5.41) is 0.305. The van der Waals surface area contributed by atoms with Crippen molar-refractivity contribution in [2.24, 2.45) is 0 Å². The quantitative estimate of drug-likeness (QED) is 0.712. The monoisotopic (exact) mass is 262 g/mol. The molecule has 0 unspecified atom stereocenters. The van der Waals surface area contributed by atoms with Gasteiger partial charge in [0, 0.05) is 12.0 Å². The van der Waals surface area contributed by atoms with Crippen LogP contribution in [-0.4, -0.2) is 14.9 Å². The van der Waals surface area contributed by atoms with Gasteiger partial charge in [-0.15, -0.1) is 0 Å². The lowest BCUT2D eigenvalue weighted by atomic mass is 9.97. The number of rotatable bonds is 4. The summed E-state index contributed by atoms with van der Waals surface area (Å²) in [6, 6.07) is 10.9. The van der Waals surface area contributed by atoms with Crippen LogP contribution in [0, 0.1) is 0 Å². The van der Waals surface area contributed by atoms with Gasteiger partial charge in [0.15, 0.2) is 8.32 Å². The molecule has 1 aromatic carbocycles. The minimum Gasteiger partial charge on any atom is -0.416 e. The van der Waals surface area contributed by atoms with E-state index in [2.05, 4.69) is 64.2 Å². The minimum atomic E-state index is -1.61. The Morgan fingerprint density at radius 1 is 1.11 bits per heavy atom. The van der Waals surface area contributed by atoms with Gasteiger partial charge in [0.1, 0.15) is 0 Å². The Bertz CT molecular complexity index is 399. The lowest BCUT2D eigenvalue weighted by Crippen LogP contribution is -2.42. The first kappa shape index (κ1) is 13.8. The van der Waals surface area contributed by atoms with Crippen LogP contribution in [0.3, 0.4) is 0 Å². The van der Waals surface area contributed by atoms with Gasteiger partial charge < -0.3 is 4.43 Å². The largest absolute Gasteiger partial charge is 0.416 e. The average molecular weight is 262 g/mol. The molecule has 2 heteroatoms. The summed E-state index contributed by atoms with van der Waals surface area (Å²) in [5.74, 6) is 0. The third-order valence-corrected chi connectivity index (χ3v) is 9.23. The molecule has 2 rings (SSSR count). The predicted molar refractivity (Wildman–Crippen MR) is 80.5 cm³/mol. The van der Waals surface area contributed by atoms with E-state index < -0.39 is 8.32 Å². The SMILES string of the molecule is CC(C)(C)[Si](C)(C)OCC1(c2ccccc2)CC1. The molecular weight excluding hydrogens is 236 g/mol. The van der Waals surface area contributed by atoms with E-state index in [1.165, 1.54) is 18.4 Å². The maximum atomic E-state index is 6.41. The molecule has 0 aliphatic heterocycles. The molecule has 0 spiro atoms. The molecule has 0 amide bonds. The van der Waals surface area contributed by atoms with Gasteiger partial charge in [0.25, 0.3) is 0 Å². The highest BCUT2D eigenvalue weighted by Crippen LogP contribution is 2.49. The van der Waals surface area contributed by atoms with Crippen molar-refractivity contribution in [3.63, 3.8) is 0 Å². The Hall–Kier alpha value is -0.603. The third kappa shape index (κ3) is 2.70. The second-order valence-electron chi connectivity index (χ2n) is 7.20. The van der Waals surface area contributed by atoms with Crippen LogP contribution in [-0.2, 0) is 9.84 Å². The summed E-state index contributed by atoms with van der Waals surface area (Å²) in [4.78, 5) is 0. The molecule has 100 valence electrons. The predicted octanol–water partition coefficient (Wildman–Crippen LogP) is 4.74. The van der Waals surface area contributed by atoms with E-state index in [0.717, 1.165) is 6.61 Å². The minimum absolute atomic E-state index is 0.305. The molecular formula is C16H26OSi. The van der Waals surface area contributed by atoms with Crippen molar-refractivity contribution >= 4 is 8.32 Å². The van der Waals surface area contributed by atoms with Crippen LogP contribution < -0.4 is 0 Å². The summed E-state index contributed by atoms with van der Waals surface area (Å²) in [7, 11) is -1.61. The van der Waals surface area contributed by atoms with E-state index in [-0.39, 0.29) is 0 Å². The van der Waals surface area contributed by atoms with Gasteiger partial charge in [-0.3, -0.25) is 0 Å². The average Bonchev–Trinajstić information content (AvgIpc) is 3.07. The number of benzene rings is 1. The summed E-state index contributed by atoms with van der Waals surface area (Å²) in [6.07, 6.45) is 2.57. The van der Waals surface area contributed by atoms with Crippen LogP contribution in [0.5, 0.6) is 0 Å². The normalized spacial score (nSPS) is 18.7. The van der Waals surface area contributed by atoms with Gasteiger partial charge in [-0.2, -0.15) is 0 Å². The zero-order valence-electron chi connectivity index (χ0n) is 12.4. The van der Waals surface area contributed by atoms with Crippen molar-refractivity contribution < 1.29 is 4.43 Å². The fraction of sp³-hybridized carbons (Fsp3) is 0.625. The Morgan fingerprint density at radius 2 is 1.67 bits per heavy atom. The first-order valence-electron chi connectivity index (χ1n) is 6.96. The molecule has 0 atom stereocenters. The zero-order valence-corrected chi connectivity index (χ0v) is 13.4. The van der Waals surface area contributed by atoms with Gasteiger partial charge in [-0.25, -0.2) is 0 Å². The van der Waals surface area contributed by atoms with E-state index in [1.54, 1.807) is 0 Å². The summed E-state index contributed by atoms with van der Waals surface area (Å²) < 4.78 is 6.41. The molecule has 1 fully saturated rings. The second kappa shape index (κ2) is 4.50. The maximum Gasteiger partial charge on any atom is 0.192 e. The molecule has 1 aromatic rings. The van der Waals surface area contributed by atoms with E-state index in [0.29, 0.717) is 10.5 Å². The molecule has 0 saturated heterocycles. The zero-order chi connectivity index (χ0) is 13.4. The van der Waals surface area contributed by atoms with Crippen molar-refractivity contribution in [2.75, 3.05) is 6.61 Å². The van der Waals surface area contributed by atoms with Crippen molar-refractivity contribution in [3.8, 4) is 0 Å². The van der Waals surface area contributed by atoms with E-state index >= 15 is 0 Å². The van der Waals surface area contributed by atoms with Crippen LogP contribution in [0.15, 0.2) is 30.3 Å². The van der Waals surface area contributed by atoms with E-state index in [4.69, 9.17) is 4.43 Å². The lowest BCUT2D eigenvalue weighted by Gasteiger charge is -2.37. The second-order valence-corrected chi connectivity index (χ2v) is 12.0. The molecule has 0 heterocycles. The van der Waals surface area contributed by atoms with Gasteiger partial charge in [-0.05, 0) is 36.5 Å². The standard InChI is InChI=1S/C16H26OSi/c1-15(2,3)18(4,5)17-13-16(11-12-16)14-9-7-6-8-10-14/h6-10H,11-13H2,1-5H3. The molecule has 0 aromatic heterocycles. The number of hydrogen-bond acceptors (Lipinski definition) is 1. The molecule has 18 heavy (non-hydrogen) atoms. The van der Waals surface area contributed by atoms with Gasteiger partial charge >= 0.3 is 0 Å². The van der Waals surface area contributed by atoms with Gasteiger partial charge in [0.2, 0.25) is 0 Å². The topological polar surface area (TPSA) is 9.23 Å². The van der Waals surface area contributed by atoms with Crippen LogP contribution in [0.4, 0.5) is 0 Å². The van der Waals surface area contributed by atoms with Crippen LogP contribution in [0.2, 0.25) is 18.1 Å². The smallest absolute Gasteiger partial charge is 0.192 e. The van der Waals surface area contributed by atoms with Crippen molar-refractivity contribution in [1.82, 2.24) is 0 Å². The maximum absolute atomic E-state index is 6.41. The Labute approximate surface area is 113 Å². The molecule has 0 radical (unpaired) electrons. The lowest BCUT2D eigenvalue weighted by molar-refractivity contribution is 0.253. The van der Waals surface area contributed by atoms with Gasteiger partial charge in [-0.1, -0.05) is 51.1 Å². The van der Waals surface area contributed by atoms with Gasteiger partial charge in [0.05, 0.1) is 0 Å². The third-order valence-electron chi connectivity index (χ3n) is 4.76. The molecule has 1 saturated carbocycles. The summed E-state index contributed by atoms with van der Waals surface area (Å²) in [5.41, 5.74) is 1.79. The van der Waals surface area contributed by atoms with Crippen LogP contribution in [0.25, 0.3) is 0 Å². The van der Waals surface area contributed by atoms with E-state index in [1.807, 2.05) is 0 Å². The number of hydrogen-bond donors (Lipinski definition) is 0. The highest BCUT2D eigenvalue weighted by atomic mass is 28.4. The van der Waals surface area contributed by atoms with Crippen molar-refractivity contribution in [2.45, 2.75) is 57.2 Å². The molecule has 1 nitrogen and oxygen atoms in total. The first-order valence-corrected chi connectivity index (χ1v) is 9.87. The molecule has 1 aliphatic rings. The van der Waals surface area contributed by atoms with Crippen LogP contribution >= 0.6 is 0 Å². The Balaban J connectivity index is 2.03. The van der Waals surface area contributed by atoms with Crippen LogP contribution in [0.1, 0.15) is 39.2 Å². The fourth-order valence-corrected chi connectivity index (χ4v) is 3.06. The van der Waals surface area contributed by atoms with E-state index in [9.17, 15) is 0 Å². The Morgan fingerprint density at radius 3 is 2.11 bits per heavy atom. The summed E-state index contributed by atoms with van der Waals surface area (Å²) in [6.45, 7) is 12.5. The fourth-order valence-electron chi connectivity index (χ4n) is 1.99. The first-order chi connectivity index (χ1) is 8.27. The molecule has 1 aliphatic carbocycles. The summed E-state index contributed by atoms with van der Waals surface area (Å²) >= 11 is 0. The molecule has 0 N–H and O–H groups in total. The van der Waals surface area contributed by atoms with Crippen molar-refractivity contribution in [3.05, 3.63) is 35.9 Å². The highest BCUT2D eigenvalue weighted by molar-refractivity contribution is 6.74. The Kier molecular flexibility index (Phi) is 3.45.